The highest BCUT2D eigenvalue weighted by atomic mass is 16.4. The second kappa shape index (κ2) is 7.96. The highest BCUT2D eigenvalue weighted by Crippen LogP contribution is 2.11. The first-order chi connectivity index (χ1) is 10.3. The van der Waals surface area contributed by atoms with Gasteiger partial charge >= 0.3 is 12.0 Å². The van der Waals surface area contributed by atoms with Crippen LogP contribution in [0.4, 0.5) is 10.6 Å². The van der Waals surface area contributed by atoms with Crippen molar-refractivity contribution in [1.82, 2.24) is 10.3 Å². The number of primary amides is 1. The largest absolute Gasteiger partial charge is 0.481 e. The minimum atomic E-state index is -0.956. The number of amides is 3. The number of carboxylic acids is 1. The molecular weight excluding hydrogens is 288 g/mol. The molecule has 1 atom stereocenters. The van der Waals surface area contributed by atoms with Crippen LogP contribution in [0.1, 0.15) is 30.8 Å². The summed E-state index contributed by atoms with van der Waals surface area (Å²) < 4.78 is 0. The Bertz CT molecular complexity index is 560. The molecule has 1 aromatic heterocycles. The second-order valence-corrected chi connectivity index (χ2v) is 5.27. The highest BCUT2D eigenvalue weighted by Gasteiger charge is 2.19. The number of pyridine rings is 1. The molecule has 8 nitrogen and oxygen atoms in total. The Labute approximate surface area is 128 Å². The Morgan fingerprint density at radius 2 is 2.00 bits per heavy atom. The Morgan fingerprint density at radius 1 is 1.32 bits per heavy atom. The first-order valence-corrected chi connectivity index (χ1v) is 6.84. The first kappa shape index (κ1) is 17.4. The van der Waals surface area contributed by atoms with Crippen LogP contribution in [0.5, 0.6) is 0 Å². The van der Waals surface area contributed by atoms with Crippen LogP contribution in [0.25, 0.3) is 0 Å². The van der Waals surface area contributed by atoms with E-state index in [1.54, 1.807) is 0 Å². The number of carboxylic acid groups (broad SMARTS) is 1. The van der Waals surface area contributed by atoms with Gasteiger partial charge < -0.3 is 16.2 Å². The standard InChI is InChI=1S/C14H20N4O4/c1-8(2)6-9(13(20)21)7-16-14(22)18-11-5-3-4-10(17-11)12(15)19/h3-5,8-9H,6-7H2,1-2H3,(H2,15,19)(H,20,21)(H2,16,17,18,22). The quantitative estimate of drug-likeness (QED) is 0.597. The zero-order valence-electron chi connectivity index (χ0n) is 12.5. The second-order valence-electron chi connectivity index (χ2n) is 5.27. The van der Waals surface area contributed by atoms with E-state index in [1.807, 2.05) is 13.8 Å². The molecule has 0 aliphatic rings. The van der Waals surface area contributed by atoms with Crippen molar-refractivity contribution < 1.29 is 19.5 Å². The van der Waals surface area contributed by atoms with E-state index < -0.39 is 23.8 Å². The van der Waals surface area contributed by atoms with Gasteiger partial charge in [-0.3, -0.25) is 14.9 Å². The van der Waals surface area contributed by atoms with E-state index in [0.29, 0.717) is 6.42 Å². The van der Waals surface area contributed by atoms with Crippen LogP contribution in [0.2, 0.25) is 0 Å². The van der Waals surface area contributed by atoms with E-state index in [9.17, 15) is 14.4 Å². The summed E-state index contributed by atoms with van der Waals surface area (Å²) in [4.78, 5) is 37.7. The summed E-state index contributed by atoms with van der Waals surface area (Å²) in [6, 6.07) is 3.86. The summed E-state index contributed by atoms with van der Waals surface area (Å²) in [5, 5.41) is 14.0. The third kappa shape index (κ3) is 5.78. The topological polar surface area (TPSA) is 134 Å². The van der Waals surface area contributed by atoms with Crippen LogP contribution >= 0.6 is 0 Å². The summed E-state index contributed by atoms with van der Waals surface area (Å²) in [6.45, 7) is 3.83. The predicted octanol–water partition coefficient (Wildman–Crippen LogP) is 1.05. The molecule has 1 aromatic rings. The summed E-state index contributed by atoms with van der Waals surface area (Å²) in [7, 11) is 0. The van der Waals surface area contributed by atoms with Crippen LogP contribution in [0.15, 0.2) is 18.2 Å². The number of carbonyl (C=O) groups excluding carboxylic acids is 2. The van der Waals surface area contributed by atoms with E-state index in [-0.39, 0.29) is 24.0 Å². The smallest absolute Gasteiger partial charge is 0.320 e. The number of nitrogens with two attached hydrogens (primary N) is 1. The number of rotatable bonds is 7. The van der Waals surface area contributed by atoms with Crippen molar-refractivity contribution in [3.05, 3.63) is 23.9 Å². The Balaban J connectivity index is 2.57. The van der Waals surface area contributed by atoms with Gasteiger partial charge in [-0.1, -0.05) is 19.9 Å². The Kier molecular flexibility index (Phi) is 6.30. The van der Waals surface area contributed by atoms with E-state index in [4.69, 9.17) is 10.8 Å². The molecule has 22 heavy (non-hydrogen) atoms. The van der Waals surface area contributed by atoms with E-state index in [0.717, 1.165) is 0 Å². The zero-order chi connectivity index (χ0) is 16.7. The summed E-state index contributed by atoms with van der Waals surface area (Å²) in [6.07, 6.45) is 0.463. The van der Waals surface area contributed by atoms with E-state index >= 15 is 0 Å². The molecule has 0 aromatic carbocycles. The molecule has 5 N–H and O–H groups in total. The van der Waals surface area contributed by atoms with Crippen LogP contribution in [-0.4, -0.2) is 34.5 Å². The maximum Gasteiger partial charge on any atom is 0.320 e. The number of anilines is 1. The van der Waals surface area contributed by atoms with Crippen molar-refractivity contribution in [2.45, 2.75) is 20.3 Å². The number of carbonyl (C=O) groups is 3. The molecule has 0 aliphatic carbocycles. The lowest BCUT2D eigenvalue weighted by atomic mass is 9.97. The maximum atomic E-state index is 11.7. The van der Waals surface area contributed by atoms with Crippen molar-refractivity contribution >= 4 is 23.7 Å². The zero-order valence-corrected chi connectivity index (χ0v) is 12.5. The molecule has 0 saturated carbocycles. The van der Waals surface area contributed by atoms with Gasteiger partial charge in [-0.2, -0.15) is 0 Å². The normalized spacial score (nSPS) is 11.8. The molecule has 3 amide bonds. The minimum Gasteiger partial charge on any atom is -0.481 e. The SMILES string of the molecule is CC(C)CC(CNC(=O)Nc1cccc(C(N)=O)n1)C(=O)O. The van der Waals surface area contributed by atoms with Gasteiger partial charge in [0.2, 0.25) is 0 Å². The van der Waals surface area contributed by atoms with Crippen LogP contribution in [0.3, 0.4) is 0 Å². The molecule has 1 unspecified atom stereocenters. The lowest BCUT2D eigenvalue weighted by Gasteiger charge is -2.15. The van der Waals surface area contributed by atoms with Crippen molar-refractivity contribution in [2.24, 2.45) is 17.6 Å². The molecule has 0 fully saturated rings. The van der Waals surface area contributed by atoms with Gasteiger partial charge in [0.05, 0.1) is 5.92 Å². The van der Waals surface area contributed by atoms with Gasteiger partial charge in [-0.15, -0.1) is 0 Å². The number of hydrogen-bond acceptors (Lipinski definition) is 4. The molecular formula is C14H20N4O4. The lowest BCUT2D eigenvalue weighted by molar-refractivity contribution is -0.142. The maximum absolute atomic E-state index is 11.7. The molecule has 120 valence electrons. The third-order valence-corrected chi connectivity index (χ3v) is 2.86. The highest BCUT2D eigenvalue weighted by molar-refractivity contribution is 5.92. The van der Waals surface area contributed by atoms with Gasteiger partial charge in [0.25, 0.3) is 5.91 Å². The summed E-state index contributed by atoms with van der Waals surface area (Å²) in [5.74, 6) is -1.95. The van der Waals surface area contributed by atoms with Crippen LogP contribution in [-0.2, 0) is 4.79 Å². The van der Waals surface area contributed by atoms with E-state index in [1.165, 1.54) is 18.2 Å². The predicted molar refractivity (Wildman–Crippen MR) is 80.4 cm³/mol. The summed E-state index contributed by atoms with van der Waals surface area (Å²) >= 11 is 0. The van der Waals surface area contributed by atoms with Gasteiger partial charge in [0.15, 0.2) is 0 Å². The number of urea groups is 1. The Hall–Kier alpha value is -2.64. The summed E-state index contributed by atoms with van der Waals surface area (Å²) in [5.41, 5.74) is 5.13. The molecule has 1 heterocycles. The van der Waals surface area contributed by atoms with Gasteiger partial charge in [0, 0.05) is 6.54 Å². The molecule has 1 rings (SSSR count). The number of hydrogen-bond donors (Lipinski definition) is 4. The van der Waals surface area contributed by atoms with Crippen molar-refractivity contribution in [3.63, 3.8) is 0 Å². The Morgan fingerprint density at radius 3 is 2.55 bits per heavy atom. The lowest BCUT2D eigenvalue weighted by Crippen LogP contribution is -2.36. The van der Waals surface area contributed by atoms with Gasteiger partial charge in [-0.25, -0.2) is 9.78 Å². The average molecular weight is 308 g/mol. The van der Waals surface area contributed by atoms with Gasteiger partial charge in [-0.05, 0) is 24.5 Å². The monoisotopic (exact) mass is 308 g/mol. The molecule has 8 heteroatoms. The molecule has 0 aliphatic heterocycles. The third-order valence-electron chi connectivity index (χ3n) is 2.86. The van der Waals surface area contributed by atoms with E-state index in [2.05, 4.69) is 15.6 Å². The fourth-order valence-electron chi connectivity index (χ4n) is 1.86. The van der Waals surface area contributed by atoms with Crippen LogP contribution < -0.4 is 16.4 Å². The first-order valence-electron chi connectivity index (χ1n) is 6.84. The molecule has 0 radical (unpaired) electrons. The molecule has 0 bridgehead atoms. The van der Waals surface area contributed by atoms with Crippen molar-refractivity contribution in [3.8, 4) is 0 Å². The minimum absolute atomic E-state index is 0.00879. The van der Waals surface area contributed by atoms with Crippen molar-refractivity contribution in [2.75, 3.05) is 11.9 Å². The fourth-order valence-corrected chi connectivity index (χ4v) is 1.86. The number of aromatic nitrogens is 1. The number of nitrogens with zero attached hydrogens (tertiary/aromatic N) is 1. The van der Waals surface area contributed by atoms with Crippen molar-refractivity contribution in [1.29, 1.82) is 0 Å². The number of nitrogens with one attached hydrogen (secondary N) is 2. The van der Waals surface area contributed by atoms with Crippen LogP contribution in [0, 0.1) is 11.8 Å². The fraction of sp³-hybridized carbons (Fsp3) is 0.429. The number of aliphatic carboxylic acids is 1. The van der Waals surface area contributed by atoms with Gasteiger partial charge in [0.1, 0.15) is 11.5 Å². The average Bonchev–Trinajstić information content (AvgIpc) is 2.43. The molecule has 0 spiro atoms. The molecule has 0 saturated heterocycles.